The van der Waals surface area contributed by atoms with Crippen LogP contribution in [0.2, 0.25) is 0 Å². The Bertz CT molecular complexity index is 784. The van der Waals surface area contributed by atoms with E-state index in [1.807, 2.05) is 6.92 Å². The van der Waals surface area contributed by atoms with Crippen molar-refractivity contribution in [1.29, 1.82) is 0 Å². The van der Waals surface area contributed by atoms with Crippen molar-refractivity contribution in [3.8, 4) is 0 Å². The van der Waals surface area contributed by atoms with Crippen molar-refractivity contribution in [1.82, 2.24) is 15.5 Å². The van der Waals surface area contributed by atoms with E-state index in [4.69, 9.17) is 4.42 Å². The number of hydrogen-bond donors (Lipinski definition) is 2. The van der Waals surface area contributed by atoms with E-state index in [9.17, 15) is 9.59 Å². The molecule has 0 aliphatic heterocycles. The fourth-order valence-corrected chi connectivity index (χ4v) is 4.68. The Morgan fingerprint density at radius 1 is 1.28 bits per heavy atom. The van der Waals surface area contributed by atoms with E-state index in [-0.39, 0.29) is 17.6 Å². The topological polar surface area (TPSA) is 97.1 Å². The predicted octanol–water partition coefficient (Wildman–Crippen LogP) is 2.80. The standard InChI is InChI=1S/C16H20N4O3S2/c1-3-17-14(22)13-10-6-4-5-7-11(10)25-15(13)18-12(21)8-24-16-20-19-9(2)23-16/h3-8H2,1-2H3,(H,17,22)(H,18,21). The van der Waals surface area contributed by atoms with Crippen LogP contribution in [0.3, 0.4) is 0 Å². The van der Waals surface area contributed by atoms with E-state index in [1.165, 1.54) is 28.0 Å². The summed E-state index contributed by atoms with van der Waals surface area (Å²) < 4.78 is 5.24. The van der Waals surface area contributed by atoms with E-state index in [0.29, 0.717) is 28.2 Å². The minimum Gasteiger partial charge on any atom is -0.416 e. The number of fused-ring (bicyclic) bond motifs is 1. The fourth-order valence-electron chi connectivity index (χ4n) is 2.77. The molecule has 1 aliphatic rings. The zero-order chi connectivity index (χ0) is 17.8. The Kier molecular flexibility index (Phi) is 5.74. The van der Waals surface area contributed by atoms with E-state index in [1.54, 1.807) is 6.92 Å². The summed E-state index contributed by atoms with van der Waals surface area (Å²) >= 11 is 2.70. The van der Waals surface area contributed by atoms with Gasteiger partial charge in [-0.05, 0) is 38.2 Å². The maximum atomic E-state index is 12.5. The molecule has 134 valence electrons. The fraction of sp³-hybridized carbons (Fsp3) is 0.500. The van der Waals surface area contributed by atoms with Gasteiger partial charge in [-0.3, -0.25) is 9.59 Å². The number of aryl methyl sites for hydroxylation is 2. The summed E-state index contributed by atoms with van der Waals surface area (Å²) in [5, 5.41) is 14.3. The summed E-state index contributed by atoms with van der Waals surface area (Å²) in [5.41, 5.74) is 1.73. The van der Waals surface area contributed by atoms with Gasteiger partial charge in [0, 0.05) is 18.3 Å². The molecule has 0 radical (unpaired) electrons. The van der Waals surface area contributed by atoms with Crippen LogP contribution >= 0.6 is 23.1 Å². The third kappa shape index (κ3) is 4.21. The summed E-state index contributed by atoms with van der Waals surface area (Å²) in [6.07, 6.45) is 4.07. The number of anilines is 1. The van der Waals surface area contributed by atoms with Crippen LogP contribution in [0.1, 0.15) is 46.5 Å². The van der Waals surface area contributed by atoms with Gasteiger partial charge in [0.15, 0.2) is 0 Å². The second-order valence-electron chi connectivity index (χ2n) is 5.70. The number of thioether (sulfide) groups is 1. The molecule has 0 saturated carbocycles. The van der Waals surface area contributed by atoms with Gasteiger partial charge in [-0.2, -0.15) is 0 Å². The Morgan fingerprint density at radius 3 is 2.80 bits per heavy atom. The summed E-state index contributed by atoms with van der Waals surface area (Å²) in [4.78, 5) is 26.0. The number of hydrogen-bond acceptors (Lipinski definition) is 7. The smallest absolute Gasteiger partial charge is 0.277 e. The van der Waals surface area contributed by atoms with Crippen molar-refractivity contribution >= 4 is 39.9 Å². The third-order valence-electron chi connectivity index (χ3n) is 3.82. The first-order chi connectivity index (χ1) is 12.1. The van der Waals surface area contributed by atoms with Crippen LogP contribution in [0, 0.1) is 6.92 Å². The monoisotopic (exact) mass is 380 g/mol. The Hall–Kier alpha value is -1.87. The molecule has 2 heterocycles. The van der Waals surface area contributed by atoms with Crippen molar-refractivity contribution in [3.63, 3.8) is 0 Å². The van der Waals surface area contributed by atoms with Crippen LogP contribution in [0.25, 0.3) is 0 Å². The third-order valence-corrected chi connectivity index (χ3v) is 5.85. The van der Waals surface area contributed by atoms with Gasteiger partial charge < -0.3 is 15.1 Å². The molecule has 7 nitrogen and oxygen atoms in total. The van der Waals surface area contributed by atoms with E-state index < -0.39 is 0 Å². The molecular weight excluding hydrogens is 360 g/mol. The maximum Gasteiger partial charge on any atom is 0.277 e. The summed E-state index contributed by atoms with van der Waals surface area (Å²) in [6, 6.07) is 0. The second-order valence-corrected chi connectivity index (χ2v) is 7.73. The number of amides is 2. The van der Waals surface area contributed by atoms with Crippen LogP contribution in [-0.2, 0) is 17.6 Å². The summed E-state index contributed by atoms with van der Waals surface area (Å²) in [5.74, 6) is 0.314. The summed E-state index contributed by atoms with van der Waals surface area (Å²) in [6.45, 7) is 4.15. The Balaban J connectivity index is 1.73. The number of aromatic nitrogens is 2. The molecule has 0 spiro atoms. The highest BCUT2D eigenvalue weighted by molar-refractivity contribution is 7.99. The van der Waals surface area contributed by atoms with Gasteiger partial charge >= 0.3 is 0 Å². The normalized spacial score (nSPS) is 13.4. The first-order valence-electron chi connectivity index (χ1n) is 8.24. The lowest BCUT2D eigenvalue weighted by Crippen LogP contribution is -2.25. The molecule has 2 N–H and O–H groups in total. The van der Waals surface area contributed by atoms with Gasteiger partial charge in [-0.15, -0.1) is 21.5 Å². The molecule has 1 aliphatic carbocycles. The lowest BCUT2D eigenvalue weighted by molar-refractivity contribution is -0.113. The highest BCUT2D eigenvalue weighted by Gasteiger charge is 2.26. The Morgan fingerprint density at radius 2 is 2.08 bits per heavy atom. The average molecular weight is 380 g/mol. The number of rotatable bonds is 6. The molecule has 9 heteroatoms. The number of carbonyl (C=O) groups excluding carboxylic acids is 2. The molecule has 0 bridgehead atoms. The number of carbonyl (C=O) groups is 2. The average Bonchev–Trinajstić information content (AvgIpc) is 3.16. The second kappa shape index (κ2) is 8.01. The molecule has 2 aromatic rings. The minimum absolute atomic E-state index is 0.114. The first-order valence-corrected chi connectivity index (χ1v) is 10.0. The van der Waals surface area contributed by atoms with Gasteiger partial charge in [0.25, 0.3) is 11.1 Å². The predicted molar refractivity (Wildman–Crippen MR) is 97.4 cm³/mol. The highest BCUT2D eigenvalue weighted by Crippen LogP contribution is 2.38. The molecule has 3 rings (SSSR count). The molecule has 2 amide bonds. The SMILES string of the molecule is CCNC(=O)c1c(NC(=O)CSc2nnc(C)o2)sc2c1CCCC2. The maximum absolute atomic E-state index is 12.5. The van der Waals surface area contributed by atoms with Gasteiger partial charge in [-0.1, -0.05) is 11.8 Å². The molecule has 0 saturated heterocycles. The van der Waals surface area contributed by atoms with Crippen LogP contribution in [0.5, 0.6) is 0 Å². The molecular formula is C16H20N4O3S2. The Labute approximate surface area is 154 Å². The van der Waals surface area contributed by atoms with Crippen molar-refractivity contribution in [2.24, 2.45) is 0 Å². The van der Waals surface area contributed by atoms with Crippen LogP contribution < -0.4 is 10.6 Å². The lowest BCUT2D eigenvalue weighted by atomic mass is 9.95. The van der Waals surface area contributed by atoms with Crippen LogP contribution in [-0.4, -0.2) is 34.3 Å². The van der Waals surface area contributed by atoms with Gasteiger partial charge in [0.05, 0.1) is 11.3 Å². The molecule has 2 aromatic heterocycles. The molecule has 0 atom stereocenters. The van der Waals surface area contributed by atoms with Crippen molar-refractivity contribution in [2.45, 2.75) is 44.8 Å². The van der Waals surface area contributed by atoms with Gasteiger partial charge in [0.2, 0.25) is 11.8 Å². The van der Waals surface area contributed by atoms with Crippen molar-refractivity contribution < 1.29 is 14.0 Å². The molecule has 0 unspecified atom stereocenters. The van der Waals surface area contributed by atoms with Crippen molar-refractivity contribution in [2.75, 3.05) is 17.6 Å². The van der Waals surface area contributed by atoms with E-state index >= 15 is 0 Å². The lowest BCUT2D eigenvalue weighted by Gasteiger charge is -2.12. The van der Waals surface area contributed by atoms with E-state index in [0.717, 1.165) is 31.2 Å². The zero-order valence-corrected chi connectivity index (χ0v) is 15.8. The highest BCUT2D eigenvalue weighted by atomic mass is 32.2. The quantitative estimate of drug-likeness (QED) is 0.748. The number of thiophene rings is 1. The molecule has 25 heavy (non-hydrogen) atoms. The zero-order valence-electron chi connectivity index (χ0n) is 14.2. The van der Waals surface area contributed by atoms with Gasteiger partial charge in [-0.25, -0.2) is 0 Å². The number of nitrogens with zero attached hydrogens (tertiary/aromatic N) is 2. The number of nitrogens with one attached hydrogen (secondary N) is 2. The van der Waals surface area contributed by atoms with Gasteiger partial charge in [0.1, 0.15) is 5.00 Å². The van der Waals surface area contributed by atoms with Crippen LogP contribution in [0.15, 0.2) is 9.64 Å². The van der Waals surface area contributed by atoms with Crippen LogP contribution in [0.4, 0.5) is 5.00 Å². The van der Waals surface area contributed by atoms with E-state index in [2.05, 4.69) is 20.8 Å². The summed E-state index contributed by atoms with van der Waals surface area (Å²) in [7, 11) is 0. The largest absolute Gasteiger partial charge is 0.416 e. The molecule has 0 fully saturated rings. The molecule has 0 aromatic carbocycles. The first kappa shape index (κ1) is 17.9. The van der Waals surface area contributed by atoms with Crippen molar-refractivity contribution in [3.05, 3.63) is 21.9 Å². The minimum atomic E-state index is -0.190.